The lowest BCUT2D eigenvalue weighted by Crippen LogP contribution is -2.16. The number of carbonyl (C=O) groups is 2. The average Bonchev–Trinajstić information content (AvgIpc) is 2.97. The van der Waals surface area contributed by atoms with Gasteiger partial charge in [0, 0.05) is 25.9 Å². The van der Waals surface area contributed by atoms with Crippen molar-refractivity contribution in [3.63, 3.8) is 0 Å². The van der Waals surface area contributed by atoms with Crippen LogP contribution in [-0.2, 0) is 6.54 Å². The van der Waals surface area contributed by atoms with Crippen LogP contribution in [0, 0.1) is 0 Å². The van der Waals surface area contributed by atoms with Gasteiger partial charge in [0.25, 0.3) is 5.91 Å². The maximum atomic E-state index is 11.5. The second-order valence-electron chi connectivity index (χ2n) is 4.17. The summed E-state index contributed by atoms with van der Waals surface area (Å²) in [5, 5.41) is 7.66. The van der Waals surface area contributed by atoms with Crippen molar-refractivity contribution in [2.45, 2.75) is 13.5 Å². The zero-order chi connectivity index (χ0) is 14.7. The minimum atomic E-state index is -0.646. The first-order valence-corrected chi connectivity index (χ1v) is 6.76. The second-order valence-corrected chi connectivity index (χ2v) is 5.19. The molecule has 0 fully saturated rings. The molecule has 5 N–H and O–H groups in total. The lowest BCUT2D eigenvalue weighted by Gasteiger charge is -2.06. The van der Waals surface area contributed by atoms with Gasteiger partial charge in [-0.2, -0.15) is 5.10 Å². The lowest BCUT2D eigenvalue weighted by atomic mass is 10.2. The standard InChI is InChI=1S/C12H15N5O2S/c1-7(18)10-9(13)8(11(14)19)12(20-10)15-4-6-17-5-2-3-16-17/h2-3,5,15H,4,6,13H2,1H3,(H2,14,19). The van der Waals surface area contributed by atoms with Gasteiger partial charge in [-0.3, -0.25) is 14.3 Å². The molecule has 0 bridgehead atoms. The highest BCUT2D eigenvalue weighted by Gasteiger charge is 2.22. The van der Waals surface area contributed by atoms with E-state index in [0.717, 1.165) is 11.3 Å². The Morgan fingerprint density at radius 2 is 2.25 bits per heavy atom. The van der Waals surface area contributed by atoms with Gasteiger partial charge in [0.05, 0.1) is 22.7 Å². The lowest BCUT2D eigenvalue weighted by molar-refractivity contribution is 0.100. The Bertz CT molecular complexity index is 633. The Morgan fingerprint density at radius 1 is 1.50 bits per heavy atom. The number of carbonyl (C=O) groups excluding carboxylic acids is 2. The first kappa shape index (κ1) is 14.1. The molecule has 0 aliphatic rings. The van der Waals surface area contributed by atoms with E-state index in [-0.39, 0.29) is 17.0 Å². The molecule has 8 heteroatoms. The zero-order valence-electron chi connectivity index (χ0n) is 10.9. The summed E-state index contributed by atoms with van der Waals surface area (Å²) >= 11 is 1.14. The van der Waals surface area contributed by atoms with E-state index in [2.05, 4.69) is 10.4 Å². The molecule has 7 nitrogen and oxygen atoms in total. The molecule has 2 rings (SSSR count). The highest BCUT2D eigenvalue weighted by Crippen LogP contribution is 2.35. The summed E-state index contributed by atoms with van der Waals surface area (Å²) in [6.07, 6.45) is 3.52. The Hall–Kier alpha value is -2.35. The fourth-order valence-electron chi connectivity index (χ4n) is 1.79. The van der Waals surface area contributed by atoms with Crippen molar-refractivity contribution in [2.24, 2.45) is 5.73 Å². The van der Waals surface area contributed by atoms with E-state index in [4.69, 9.17) is 11.5 Å². The summed E-state index contributed by atoms with van der Waals surface area (Å²) in [5.41, 5.74) is 11.4. The number of amides is 1. The summed E-state index contributed by atoms with van der Waals surface area (Å²) in [5.74, 6) is -0.831. The van der Waals surface area contributed by atoms with Crippen molar-refractivity contribution < 1.29 is 9.59 Å². The fourth-order valence-corrected chi connectivity index (χ4v) is 2.84. The SMILES string of the molecule is CC(=O)c1sc(NCCn2cccn2)c(C(N)=O)c1N. The molecule has 2 heterocycles. The van der Waals surface area contributed by atoms with Crippen LogP contribution >= 0.6 is 11.3 Å². The van der Waals surface area contributed by atoms with Crippen molar-refractivity contribution in [1.82, 2.24) is 9.78 Å². The summed E-state index contributed by atoms with van der Waals surface area (Å²) < 4.78 is 1.75. The number of Topliss-reactive ketones (excluding diaryl/α,β-unsaturated/α-hetero) is 1. The Balaban J connectivity index is 2.16. The van der Waals surface area contributed by atoms with Gasteiger partial charge in [-0.1, -0.05) is 0 Å². The third-order valence-corrected chi connectivity index (χ3v) is 3.96. The number of anilines is 2. The number of aromatic nitrogens is 2. The molecular weight excluding hydrogens is 278 g/mol. The number of thiophene rings is 1. The number of primary amides is 1. The molecule has 0 aliphatic heterocycles. The van der Waals surface area contributed by atoms with Crippen LogP contribution in [-0.4, -0.2) is 28.0 Å². The van der Waals surface area contributed by atoms with Gasteiger partial charge < -0.3 is 16.8 Å². The maximum absolute atomic E-state index is 11.5. The maximum Gasteiger partial charge on any atom is 0.253 e. The van der Waals surface area contributed by atoms with Crippen molar-refractivity contribution in [1.29, 1.82) is 0 Å². The molecule has 0 saturated carbocycles. The van der Waals surface area contributed by atoms with Crippen LogP contribution in [0.1, 0.15) is 27.0 Å². The Labute approximate surface area is 119 Å². The van der Waals surface area contributed by atoms with Crippen LogP contribution < -0.4 is 16.8 Å². The van der Waals surface area contributed by atoms with Crippen LogP contribution in [0.4, 0.5) is 10.7 Å². The van der Waals surface area contributed by atoms with Gasteiger partial charge in [-0.15, -0.1) is 11.3 Å². The van der Waals surface area contributed by atoms with E-state index in [0.29, 0.717) is 23.0 Å². The number of hydrogen-bond donors (Lipinski definition) is 3. The fraction of sp³-hybridized carbons (Fsp3) is 0.250. The van der Waals surface area contributed by atoms with Gasteiger partial charge in [0.1, 0.15) is 5.00 Å². The van der Waals surface area contributed by atoms with Crippen LogP contribution in [0.5, 0.6) is 0 Å². The molecule has 1 amide bonds. The molecule has 20 heavy (non-hydrogen) atoms. The smallest absolute Gasteiger partial charge is 0.253 e. The molecule has 106 valence electrons. The first-order chi connectivity index (χ1) is 9.50. The molecule has 0 saturated heterocycles. The van der Waals surface area contributed by atoms with Crippen LogP contribution in [0.15, 0.2) is 18.5 Å². The van der Waals surface area contributed by atoms with E-state index in [9.17, 15) is 9.59 Å². The molecule has 0 spiro atoms. The number of hydrogen-bond acceptors (Lipinski definition) is 6. The number of nitrogens with two attached hydrogens (primary N) is 2. The summed E-state index contributed by atoms with van der Waals surface area (Å²) in [6.45, 7) is 2.57. The highest BCUT2D eigenvalue weighted by molar-refractivity contribution is 7.19. The number of nitrogens with zero attached hydrogens (tertiary/aromatic N) is 2. The van der Waals surface area contributed by atoms with Gasteiger partial charge in [-0.25, -0.2) is 0 Å². The minimum absolute atomic E-state index is 0.150. The van der Waals surface area contributed by atoms with E-state index in [1.165, 1.54) is 6.92 Å². The Kier molecular flexibility index (Phi) is 4.04. The number of rotatable bonds is 6. The monoisotopic (exact) mass is 293 g/mol. The molecule has 0 atom stereocenters. The Morgan fingerprint density at radius 3 is 2.80 bits per heavy atom. The van der Waals surface area contributed by atoms with Crippen molar-refractivity contribution in [2.75, 3.05) is 17.6 Å². The molecule has 0 aliphatic carbocycles. The normalized spacial score (nSPS) is 10.4. The quantitative estimate of drug-likeness (QED) is 0.685. The predicted octanol–water partition coefficient (Wildman–Crippen LogP) is 0.940. The van der Waals surface area contributed by atoms with E-state index >= 15 is 0 Å². The first-order valence-electron chi connectivity index (χ1n) is 5.95. The summed E-state index contributed by atoms with van der Waals surface area (Å²) in [7, 11) is 0. The molecule has 0 aromatic carbocycles. The van der Waals surface area contributed by atoms with Gasteiger partial charge in [0.2, 0.25) is 0 Å². The highest BCUT2D eigenvalue weighted by atomic mass is 32.1. The number of ketones is 1. The summed E-state index contributed by atoms with van der Waals surface area (Å²) in [4.78, 5) is 23.2. The van der Waals surface area contributed by atoms with Crippen molar-refractivity contribution in [3.8, 4) is 0 Å². The van der Waals surface area contributed by atoms with E-state index < -0.39 is 5.91 Å². The third-order valence-electron chi connectivity index (χ3n) is 2.70. The van der Waals surface area contributed by atoms with Crippen LogP contribution in [0.2, 0.25) is 0 Å². The molecule has 2 aromatic heterocycles. The van der Waals surface area contributed by atoms with Gasteiger partial charge in [0.15, 0.2) is 5.78 Å². The van der Waals surface area contributed by atoms with E-state index in [1.807, 2.05) is 12.3 Å². The van der Waals surface area contributed by atoms with Crippen molar-refractivity contribution >= 4 is 33.7 Å². The minimum Gasteiger partial charge on any atom is -0.397 e. The zero-order valence-corrected chi connectivity index (χ0v) is 11.7. The number of nitrogen functional groups attached to an aromatic ring is 1. The molecule has 2 aromatic rings. The molecule has 0 unspecified atom stereocenters. The second kappa shape index (κ2) is 5.74. The van der Waals surface area contributed by atoms with Crippen LogP contribution in [0.25, 0.3) is 0 Å². The summed E-state index contributed by atoms with van der Waals surface area (Å²) in [6, 6.07) is 1.83. The third kappa shape index (κ3) is 2.80. The predicted molar refractivity (Wildman–Crippen MR) is 78.0 cm³/mol. The van der Waals surface area contributed by atoms with E-state index in [1.54, 1.807) is 10.9 Å². The largest absolute Gasteiger partial charge is 0.397 e. The number of nitrogens with one attached hydrogen (secondary N) is 1. The van der Waals surface area contributed by atoms with Gasteiger partial charge >= 0.3 is 0 Å². The topological polar surface area (TPSA) is 116 Å². The average molecular weight is 293 g/mol. The van der Waals surface area contributed by atoms with Crippen LogP contribution in [0.3, 0.4) is 0 Å². The molecule has 0 radical (unpaired) electrons. The van der Waals surface area contributed by atoms with Gasteiger partial charge in [-0.05, 0) is 6.07 Å². The van der Waals surface area contributed by atoms with Crippen molar-refractivity contribution in [3.05, 3.63) is 28.9 Å². The molecular formula is C12H15N5O2S.